The zero-order valence-corrected chi connectivity index (χ0v) is 8.25. The van der Waals surface area contributed by atoms with Gasteiger partial charge in [-0.15, -0.1) is 0 Å². The highest BCUT2D eigenvalue weighted by atomic mass is 19.3. The van der Waals surface area contributed by atoms with Gasteiger partial charge in [-0.2, -0.15) is 0 Å². The fraction of sp³-hybridized carbons (Fsp3) is 1.00. The van der Waals surface area contributed by atoms with Gasteiger partial charge in [0.05, 0.1) is 6.54 Å². The van der Waals surface area contributed by atoms with Crippen LogP contribution in [0.1, 0.15) is 0 Å². The van der Waals surface area contributed by atoms with Crippen LogP contribution in [0.2, 0.25) is 0 Å². The normalized spacial score (nSPS) is 26.8. The molecule has 0 aromatic carbocycles. The molecular weight excluding hydrogens is 188 g/mol. The van der Waals surface area contributed by atoms with Gasteiger partial charge in [0.1, 0.15) is 0 Å². The second kappa shape index (κ2) is 4.51. The van der Waals surface area contributed by atoms with Crippen LogP contribution in [0.15, 0.2) is 0 Å². The highest BCUT2D eigenvalue weighted by Crippen LogP contribution is 2.10. The smallest absolute Gasteiger partial charge is 0.251 e. The molecule has 0 aliphatic carbocycles. The van der Waals surface area contributed by atoms with Crippen LogP contribution in [-0.4, -0.2) is 68.1 Å². The Morgan fingerprint density at radius 1 is 1.14 bits per heavy atom. The molecule has 0 radical (unpaired) electrons. The van der Waals surface area contributed by atoms with Gasteiger partial charge >= 0.3 is 0 Å². The average Bonchev–Trinajstić information content (AvgIpc) is 2.04. The minimum atomic E-state index is -2.19. The number of hydrogen-bond acceptors (Lipinski definition) is 3. The summed E-state index contributed by atoms with van der Waals surface area (Å²) in [5.41, 5.74) is 0. The number of nitrogens with one attached hydrogen (secondary N) is 1. The molecule has 2 saturated heterocycles. The van der Waals surface area contributed by atoms with E-state index >= 15 is 0 Å². The van der Waals surface area contributed by atoms with Crippen molar-refractivity contribution >= 4 is 0 Å². The van der Waals surface area contributed by atoms with Gasteiger partial charge in [0.15, 0.2) is 0 Å². The Kier molecular flexibility index (Phi) is 3.30. The maximum Gasteiger partial charge on any atom is 0.251 e. The molecule has 2 aliphatic rings. The molecule has 0 aromatic heterocycles. The van der Waals surface area contributed by atoms with Gasteiger partial charge in [0.2, 0.25) is 0 Å². The van der Waals surface area contributed by atoms with Crippen molar-refractivity contribution in [3.8, 4) is 0 Å². The summed E-state index contributed by atoms with van der Waals surface area (Å²) >= 11 is 0. The summed E-state index contributed by atoms with van der Waals surface area (Å²) in [6, 6.07) is 0.656. The third kappa shape index (κ3) is 2.40. The maximum absolute atomic E-state index is 12.1. The summed E-state index contributed by atoms with van der Waals surface area (Å²) in [5, 5.41) is 3.23. The van der Waals surface area contributed by atoms with E-state index in [1.807, 2.05) is 4.90 Å². The van der Waals surface area contributed by atoms with Crippen LogP contribution in [0.25, 0.3) is 0 Å². The first-order chi connectivity index (χ1) is 6.75. The highest BCUT2D eigenvalue weighted by Gasteiger charge is 2.28. The number of piperazine rings is 1. The second-order valence-electron chi connectivity index (χ2n) is 4.04. The summed E-state index contributed by atoms with van der Waals surface area (Å²) < 4.78 is 24.2. The lowest BCUT2D eigenvalue weighted by atomic mass is 10.1. The molecule has 0 atom stereocenters. The Balaban J connectivity index is 1.69. The van der Waals surface area contributed by atoms with Crippen LogP contribution in [-0.2, 0) is 0 Å². The van der Waals surface area contributed by atoms with Crippen molar-refractivity contribution in [1.29, 1.82) is 0 Å². The van der Waals surface area contributed by atoms with Crippen LogP contribution >= 0.6 is 0 Å². The summed E-state index contributed by atoms with van der Waals surface area (Å²) in [7, 11) is 0. The SMILES string of the molecule is FC(F)CN1CCN(C2CNC2)CC1. The molecule has 0 spiro atoms. The first kappa shape index (κ1) is 10.3. The van der Waals surface area contributed by atoms with E-state index in [-0.39, 0.29) is 6.54 Å². The Morgan fingerprint density at radius 2 is 1.79 bits per heavy atom. The molecule has 0 amide bonds. The minimum absolute atomic E-state index is 0.0588. The van der Waals surface area contributed by atoms with Gasteiger partial charge in [-0.25, -0.2) is 8.78 Å². The summed E-state index contributed by atoms with van der Waals surface area (Å²) in [4.78, 5) is 4.26. The number of hydrogen-bond donors (Lipinski definition) is 1. The summed E-state index contributed by atoms with van der Waals surface area (Å²) in [6.45, 7) is 5.54. The van der Waals surface area contributed by atoms with Crippen molar-refractivity contribution in [2.75, 3.05) is 45.8 Å². The molecule has 2 rings (SSSR count). The second-order valence-corrected chi connectivity index (χ2v) is 4.04. The number of halogens is 2. The zero-order chi connectivity index (χ0) is 9.97. The molecule has 3 nitrogen and oxygen atoms in total. The van der Waals surface area contributed by atoms with Crippen molar-refractivity contribution in [1.82, 2.24) is 15.1 Å². The largest absolute Gasteiger partial charge is 0.314 e. The maximum atomic E-state index is 12.1. The molecular formula is C9H17F2N3. The number of rotatable bonds is 3. The van der Waals surface area contributed by atoms with E-state index in [0.29, 0.717) is 6.04 Å². The predicted octanol–water partition coefficient (Wildman–Crippen LogP) is -0.159. The number of alkyl halides is 2. The lowest BCUT2D eigenvalue weighted by molar-refractivity contribution is 0.0338. The molecule has 2 aliphatic heterocycles. The quantitative estimate of drug-likeness (QED) is 0.691. The fourth-order valence-electron chi connectivity index (χ4n) is 2.04. The molecule has 5 heteroatoms. The molecule has 2 fully saturated rings. The Morgan fingerprint density at radius 3 is 2.21 bits per heavy atom. The van der Waals surface area contributed by atoms with E-state index in [4.69, 9.17) is 0 Å². The predicted molar refractivity (Wildman–Crippen MR) is 50.7 cm³/mol. The standard InChI is InChI=1S/C9H17F2N3/c10-9(11)7-13-1-3-14(4-2-13)8-5-12-6-8/h8-9,12H,1-7H2. The van der Waals surface area contributed by atoms with Gasteiger partial charge in [0, 0.05) is 45.3 Å². The van der Waals surface area contributed by atoms with E-state index < -0.39 is 6.43 Å². The minimum Gasteiger partial charge on any atom is -0.314 e. The average molecular weight is 205 g/mol. The van der Waals surface area contributed by atoms with Crippen LogP contribution in [0, 0.1) is 0 Å². The molecule has 2 heterocycles. The van der Waals surface area contributed by atoms with Crippen LogP contribution < -0.4 is 5.32 Å². The van der Waals surface area contributed by atoms with Crippen molar-refractivity contribution in [2.24, 2.45) is 0 Å². The van der Waals surface area contributed by atoms with E-state index in [0.717, 1.165) is 39.3 Å². The van der Waals surface area contributed by atoms with E-state index in [9.17, 15) is 8.78 Å². The topological polar surface area (TPSA) is 18.5 Å². The van der Waals surface area contributed by atoms with Gasteiger partial charge in [-0.3, -0.25) is 9.80 Å². The number of nitrogens with zero attached hydrogens (tertiary/aromatic N) is 2. The third-order valence-corrected chi connectivity index (χ3v) is 3.08. The lowest BCUT2D eigenvalue weighted by Gasteiger charge is -2.43. The molecule has 0 saturated carbocycles. The summed E-state index contributed by atoms with van der Waals surface area (Å²) in [5.74, 6) is 0. The third-order valence-electron chi connectivity index (χ3n) is 3.08. The Bertz CT molecular complexity index is 177. The summed E-state index contributed by atoms with van der Waals surface area (Å²) in [6.07, 6.45) is -2.19. The van der Waals surface area contributed by atoms with Gasteiger partial charge in [-0.1, -0.05) is 0 Å². The molecule has 0 bridgehead atoms. The molecule has 14 heavy (non-hydrogen) atoms. The molecule has 1 N–H and O–H groups in total. The van der Waals surface area contributed by atoms with E-state index in [1.165, 1.54) is 0 Å². The molecule has 82 valence electrons. The van der Waals surface area contributed by atoms with Gasteiger partial charge < -0.3 is 5.32 Å². The lowest BCUT2D eigenvalue weighted by Crippen LogP contribution is -2.61. The van der Waals surface area contributed by atoms with Gasteiger partial charge in [0.25, 0.3) is 6.43 Å². The molecule has 0 aromatic rings. The van der Waals surface area contributed by atoms with Crippen molar-refractivity contribution in [2.45, 2.75) is 12.5 Å². The molecule has 0 unspecified atom stereocenters. The monoisotopic (exact) mass is 205 g/mol. The van der Waals surface area contributed by atoms with E-state index in [2.05, 4.69) is 10.2 Å². The van der Waals surface area contributed by atoms with Gasteiger partial charge in [-0.05, 0) is 0 Å². The Labute approximate surface area is 83.0 Å². The van der Waals surface area contributed by atoms with Crippen molar-refractivity contribution in [3.05, 3.63) is 0 Å². The first-order valence-corrected chi connectivity index (χ1v) is 5.21. The van der Waals surface area contributed by atoms with E-state index in [1.54, 1.807) is 0 Å². The Hall–Kier alpha value is -0.260. The van der Waals surface area contributed by atoms with Crippen LogP contribution in [0.4, 0.5) is 8.78 Å². The van der Waals surface area contributed by atoms with Crippen molar-refractivity contribution in [3.63, 3.8) is 0 Å². The van der Waals surface area contributed by atoms with Crippen LogP contribution in [0.5, 0.6) is 0 Å². The zero-order valence-electron chi connectivity index (χ0n) is 8.25. The van der Waals surface area contributed by atoms with Crippen molar-refractivity contribution < 1.29 is 8.78 Å². The first-order valence-electron chi connectivity index (χ1n) is 5.21. The highest BCUT2D eigenvalue weighted by molar-refractivity contribution is 4.87. The fourth-order valence-corrected chi connectivity index (χ4v) is 2.04. The van der Waals surface area contributed by atoms with Crippen LogP contribution in [0.3, 0.4) is 0 Å².